The van der Waals surface area contributed by atoms with Crippen molar-refractivity contribution in [2.75, 3.05) is 20.2 Å². The third-order valence-electron chi connectivity index (χ3n) is 1.90. The summed E-state index contributed by atoms with van der Waals surface area (Å²) in [4.78, 5) is 10.6. The average molecular weight is 265 g/mol. The lowest BCUT2D eigenvalue weighted by molar-refractivity contribution is 0.0697. The molecule has 0 aromatic carbocycles. The number of carboxylic acid groups (broad SMARTS) is 1. The number of aliphatic hydroxyl groups is 1. The first kappa shape index (κ1) is 13.1. The zero-order valence-electron chi connectivity index (χ0n) is 8.45. The van der Waals surface area contributed by atoms with E-state index >= 15 is 0 Å². The maximum absolute atomic E-state index is 11.8. The third-order valence-corrected chi connectivity index (χ3v) is 5.17. The van der Waals surface area contributed by atoms with Gasteiger partial charge in [0.1, 0.15) is 4.21 Å². The molecule has 16 heavy (non-hydrogen) atoms. The number of aliphatic hydroxyl groups excluding tert-OH is 1. The maximum atomic E-state index is 11.8. The van der Waals surface area contributed by atoms with E-state index in [1.54, 1.807) is 0 Å². The monoisotopic (exact) mass is 265 g/mol. The highest BCUT2D eigenvalue weighted by Crippen LogP contribution is 2.22. The van der Waals surface area contributed by atoms with Gasteiger partial charge in [0.15, 0.2) is 0 Å². The van der Waals surface area contributed by atoms with Crippen LogP contribution in [0.15, 0.2) is 15.7 Å². The van der Waals surface area contributed by atoms with Gasteiger partial charge in [0.25, 0.3) is 10.0 Å². The predicted molar refractivity (Wildman–Crippen MR) is 58.2 cm³/mol. The van der Waals surface area contributed by atoms with E-state index in [0.29, 0.717) is 0 Å². The van der Waals surface area contributed by atoms with Gasteiger partial charge in [-0.1, -0.05) is 0 Å². The molecular formula is C8H11NO5S2. The van der Waals surface area contributed by atoms with Crippen molar-refractivity contribution in [1.82, 2.24) is 4.31 Å². The molecule has 0 aliphatic heterocycles. The Hall–Kier alpha value is -0.960. The minimum absolute atomic E-state index is 0.0252. The number of carboxylic acids is 1. The van der Waals surface area contributed by atoms with Crippen molar-refractivity contribution in [3.8, 4) is 0 Å². The fraction of sp³-hybridized carbons (Fsp3) is 0.375. The Labute approximate surface area is 96.8 Å². The highest BCUT2D eigenvalue weighted by molar-refractivity contribution is 7.91. The van der Waals surface area contributed by atoms with Crippen LogP contribution in [0.1, 0.15) is 10.4 Å². The first-order valence-electron chi connectivity index (χ1n) is 4.28. The Balaban J connectivity index is 3.03. The first-order chi connectivity index (χ1) is 7.39. The molecule has 0 atom stereocenters. The van der Waals surface area contributed by atoms with Crippen molar-refractivity contribution in [2.45, 2.75) is 4.21 Å². The molecule has 1 aromatic heterocycles. The Morgan fingerprint density at radius 3 is 2.62 bits per heavy atom. The summed E-state index contributed by atoms with van der Waals surface area (Å²) in [7, 11) is -2.36. The van der Waals surface area contributed by atoms with Crippen LogP contribution in [0.3, 0.4) is 0 Å². The van der Waals surface area contributed by atoms with Crippen molar-refractivity contribution in [1.29, 1.82) is 0 Å². The number of thiophene rings is 1. The summed E-state index contributed by atoms with van der Waals surface area (Å²) in [5.74, 6) is -1.16. The Morgan fingerprint density at radius 2 is 2.19 bits per heavy atom. The normalized spacial score (nSPS) is 11.9. The van der Waals surface area contributed by atoms with E-state index in [-0.39, 0.29) is 22.9 Å². The van der Waals surface area contributed by atoms with Gasteiger partial charge < -0.3 is 10.2 Å². The van der Waals surface area contributed by atoms with Gasteiger partial charge >= 0.3 is 5.97 Å². The van der Waals surface area contributed by atoms with Gasteiger partial charge in [0.2, 0.25) is 0 Å². The lowest BCUT2D eigenvalue weighted by Crippen LogP contribution is -2.29. The van der Waals surface area contributed by atoms with Gasteiger partial charge in [-0.25, -0.2) is 13.2 Å². The van der Waals surface area contributed by atoms with Crippen molar-refractivity contribution >= 4 is 27.3 Å². The lowest BCUT2D eigenvalue weighted by atomic mass is 10.4. The van der Waals surface area contributed by atoms with Gasteiger partial charge in [-0.15, -0.1) is 11.3 Å². The van der Waals surface area contributed by atoms with E-state index in [9.17, 15) is 13.2 Å². The number of rotatable bonds is 5. The number of hydrogen-bond donors (Lipinski definition) is 2. The molecule has 90 valence electrons. The minimum Gasteiger partial charge on any atom is -0.478 e. The van der Waals surface area contributed by atoms with Crippen LogP contribution in [-0.4, -0.2) is 49.1 Å². The van der Waals surface area contributed by atoms with Crippen molar-refractivity contribution in [3.63, 3.8) is 0 Å². The summed E-state index contributed by atoms with van der Waals surface area (Å²) < 4.78 is 24.5. The third kappa shape index (κ3) is 2.59. The van der Waals surface area contributed by atoms with Crippen LogP contribution in [0.5, 0.6) is 0 Å². The number of sulfonamides is 1. The number of hydrogen-bond acceptors (Lipinski definition) is 5. The number of nitrogens with zero attached hydrogens (tertiary/aromatic N) is 1. The first-order valence-corrected chi connectivity index (χ1v) is 6.60. The summed E-state index contributed by atoms with van der Waals surface area (Å²) in [6.07, 6.45) is 0. The van der Waals surface area contributed by atoms with Crippen LogP contribution in [0.2, 0.25) is 0 Å². The summed E-state index contributed by atoms with van der Waals surface area (Å²) in [5.41, 5.74) is -0.0547. The van der Waals surface area contributed by atoms with Crippen LogP contribution in [0, 0.1) is 0 Å². The molecule has 0 aliphatic carbocycles. The quantitative estimate of drug-likeness (QED) is 0.785. The Bertz CT molecular complexity index is 478. The topological polar surface area (TPSA) is 94.9 Å². The molecule has 1 heterocycles. The molecule has 2 N–H and O–H groups in total. The fourth-order valence-electron chi connectivity index (χ4n) is 0.979. The number of aromatic carboxylic acids is 1. The highest BCUT2D eigenvalue weighted by atomic mass is 32.2. The van der Waals surface area contributed by atoms with Gasteiger partial charge in [0.05, 0.1) is 12.2 Å². The van der Waals surface area contributed by atoms with Gasteiger partial charge in [-0.05, 0) is 6.07 Å². The predicted octanol–water partition coefficient (Wildman–Crippen LogP) is 0.0591. The molecule has 0 spiro atoms. The average Bonchev–Trinajstić information content (AvgIpc) is 2.67. The second-order valence-electron chi connectivity index (χ2n) is 3.01. The molecule has 0 unspecified atom stereocenters. The van der Waals surface area contributed by atoms with Crippen LogP contribution in [0.25, 0.3) is 0 Å². The molecule has 0 bridgehead atoms. The summed E-state index contributed by atoms with van der Waals surface area (Å²) in [6.45, 7) is -0.310. The molecule has 0 saturated carbocycles. The van der Waals surface area contributed by atoms with Crippen LogP contribution >= 0.6 is 11.3 Å². The molecule has 0 fully saturated rings. The molecule has 0 aliphatic rings. The second-order valence-corrected chi connectivity index (χ2v) is 6.19. The number of carbonyl (C=O) groups is 1. The molecule has 0 radical (unpaired) electrons. The number of likely N-dealkylation sites (N-methyl/N-ethyl adjacent to an activating group) is 1. The van der Waals surface area contributed by atoms with E-state index in [4.69, 9.17) is 10.2 Å². The van der Waals surface area contributed by atoms with Crippen molar-refractivity contribution in [3.05, 3.63) is 17.0 Å². The molecule has 1 rings (SSSR count). The summed E-state index contributed by atoms with van der Waals surface area (Å²) in [6, 6.07) is 1.11. The van der Waals surface area contributed by atoms with E-state index in [1.807, 2.05) is 0 Å². The van der Waals surface area contributed by atoms with Crippen LogP contribution in [0.4, 0.5) is 0 Å². The molecule has 1 aromatic rings. The van der Waals surface area contributed by atoms with E-state index in [0.717, 1.165) is 21.7 Å². The van der Waals surface area contributed by atoms with E-state index in [2.05, 4.69) is 0 Å². The van der Waals surface area contributed by atoms with Crippen molar-refractivity contribution in [2.24, 2.45) is 0 Å². The zero-order chi connectivity index (χ0) is 12.3. The minimum atomic E-state index is -3.69. The molecule has 6 nitrogen and oxygen atoms in total. The molecule has 8 heteroatoms. The molecule has 0 saturated heterocycles. The second kappa shape index (κ2) is 4.91. The fourth-order valence-corrected chi connectivity index (χ4v) is 3.50. The summed E-state index contributed by atoms with van der Waals surface area (Å²) in [5, 5.41) is 18.6. The maximum Gasteiger partial charge on any atom is 0.336 e. The smallest absolute Gasteiger partial charge is 0.336 e. The molecule has 0 amide bonds. The standard InChI is InChI=1S/C8H11NO5S2/c1-9(2-3-10)16(13,14)7-4-6(5-15-7)8(11)12/h4-5,10H,2-3H2,1H3,(H,11,12). The van der Waals surface area contributed by atoms with Crippen LogP contribution < -0.4 is 0 Å². The Morgan fingerprint density at radius 1 is 1.56 bits per heavy atom. The largest absolute Gasteiger partial charge is 0.478 e. The zero-order valence-corrected chi connectivity index (χ0v) is 10.1. The van der Waals surface area contributed by atoms with E-state index < -0.39 is 16.0 Å². The lowest BCUT2D eigenvalue weighted by Gasteiger charge is -2.13. The van der Waals surface area contributed by atoms with Gasteiger partial charge in [-0.3, -0.25) is 0 Å². The van der Waals surface area contributed by atoms with E-state index in [1.165, 1.54) is 12.4 Å². The summed E-state index contributed by atoms with van der Waals surface area (Å²) >= 11 is 0.847. The SMILES string of the molecule is CN(CCO)S(=O)(=O)c1cc(C(=O)O)cs1. The highest BCUT2D eigenvalue weighted by Gasteiger charge is 2.23. The van der Waals surface area contributed by atoms with Gasteiger partial charge in [0, 0.05) is 19.0 Å². The Kier molecular flexibility index (Phi) is 4.03. The van der Waals surface area contributed by atoms with Crippen LogP contribution in [-0.2, 0) is 10.0 Å². The van der Waals surface area contributed by atoms with Gasteiger partial charge in [-0.2, -0.15) is 4.31 Å². The van der Waals surface area contributed by atoms with Crippen molar-refractivity contribution < 1.29 is 23.4 Å². The molecular weight excluding hydrogens is 254 g/mol.